The number of nitrogens with zero attached hydrogens (tertiary/aromatic N) is 3. The van der Waals surface area contributed by atoms with E-state index in [2.05, 4.69) is 22.4 Å². The highest BCUT2D eigenvalue weighted by Crippen LogP contribution is 2.24. The molecule has 4 rings (SSSR count). The van der Waals surface area contributed by atoms with E-state index in [1.54, 1.807) is 18.2 Å². The van der Waals surface area contributed by atoms with Crippen LogP contribution in [0.2, 0.25) is 0 Å². The molecule has 1 amide bonds. The summed E-state index contributed by atoms with van der Waals surface area (Å²) in [6.07, 6.45) is 0.899. The number of carbonyl (C=O) groups is 1. The Morgan fingerprint density at radius 3 is 2.61 bits per heavy atom. The van der Waals surface area contributed by atoms with Gasteiger partial charge in [-0.3, -0.25) is 9.36 Å². The molecule has 168 valence electrons. The minimum atomic E-state index is -0.443. The maximum Gasteiger partial charge on any atom is 0.234 e. The molecule has 1 aromatic heterocycles. The first kappa shape index (κ1) is 22.5. The molecule has 1 N–H and O–H groups in total. The summed E-state index contributed by atoms with van der Waals surface area (Å²) in [7, 11) is 0. The van der Waals surface area contributed by atoms with Crippen LogP contribution >= 0.6 is 11.8 Å². The Morgan fingerprint density at radius 2 is 1.82 bits per heavy atom. The molecule has 33 heavy (non-hydrogen) atoms. The standard InChI is InChI=1S/C25H23FN4O2S/c1-2-18-9-8-10-19(15-18)27-24(31)17-33-25-29-28-23(30(25)20-11-4-3-5-12-20)16-32-22-14-7-6-13-21(22)26/h3-15H,2,16-17H2,1H3,(H,27,31). The molecule has 0 spiro atoms. The van der Waals surface area contributed by atoms with Crippen LogP contribution in [0, 0.1) is 5.82 Å². The maximum atomic E-state index is 13.9. The first-order valence-electron chi connectivity index (χ1n) is 10.5. The molecule has 0 saturated carbocycles. The van der Waals surface area contributed by atoms with Crippen molar-refractivity contribution in [1.82, 2.24) is 14.8 Å². The summed E-state index contributed by atoms with van der Waals surface area (Å²) >= 11 is 1.27. The summed E-state index contributed by atoms with van der Waals surface area (Å²) in [6.45, 7) is 2.10. The summed E-state index contributed by atoms with van der Waals surface area (Å²) in [5.41, 5.74) is 2.75. The number of amides is 1. The molecule has 0 bridgehead atoms. The Morgan fingerprint density at radius 1 is 1.03 bits per heavy atom. The van der Waals surface area contributed by atoms with Gasteiger partial charge in [0, 0.05) is 11.4 Å². The van der Waals surface area contributed by atoms with Crippen molar-refractivity contribution in [3.05, 3.63) is 96.1 Å². The number of hydrogen-bond acceptors (Lipinski definition) is 5. The van der Waals surface area contributed by atoms with E-state index in [1.807, 2.05) is 59.2 Å². The number of anilines is 1. The minimum Gasteiger partial charge on any atom is -0.483 e. The van der Waals surface area contributed by atoms with E-state index >= 15 is 0 Å². The lowest BCUT2D eigenvalue weighted by molar-refractivity contribution is -0.113. The van der Waals surface area contributed by atoms with Gasteiger partial charge in [-0.05, 0) is 48.4 Å². The number of aryl methyl sites for hydroxylation is 1. The van der Waals surface area contributed by atoms with Crippen LogP contribution in [0.15, 0.2) is 84.0 Å². The van der Waals surface area contributed by atoms with Crippen LogP contribution in [-0.2, 0) is 17.8 Å². The first-order chi connectivity index (χ1) is 16.1. The fourth-order valence-electron chi connectivity index (χ4n) is 3.22. The van der Waals surface area contributed by atoms with Crippen molar-refractivity contribution in [3.8, 4) is 11.4 Å². The summed E-state index contributed by atoms with van der Waals surface area (Å²) in [5.74, 6) is 0.225. The molecule has 3 aromatic carbocycles. The van der Waals surface area contributed by atoms with Gasteiger partial charge in [0.05, 0.1) is 5.75 Å². The second-order valence-corrected chi connectivity index (χ2v) is 8.12. The Kier molecular flexibility index (Phi) is 7.36. The molecular weight excluding hydrogens is 439 g/mol. The SMILES string of the molecule is CCc1cccc(NC(=O)CSc2nnc(COc3ccccc3F)n2-c2ccccc2)c1. The number of thioether (sulfide) groups is 1. The Hall–Kier alpha value is -3.65. The van der Waals surface area contributed by atoms with Gasteiger partial charge < -0.3 is 10.1 Å². The van der Waals surface area contributed by atoms with E-state index in [0.717, 1.165) is 23.4 Å². The lowest BCUT2D eigenvalue weighted by Crippen LogP contribution is -2.15. The molecule has 1 heterocycles. The van der Waals surface area contributed by atoms with Crippen LogP contribution in [-0.4, -0.2) is 26.4 Å². The third-order valence-electron chi connectivity index (χ3n) is 4.86. The van der Waals surface area contributed by atoms with Crippen molar-refractivity contribution < 1.29 is 13.9 Å². The fourth-order valence-corrected chi connectivity index (χ4v) is 3.99. The van der Waals surface area contributed by atoms with Gasteiger partial charge in [-0.25, -0.2) is 4.39 Å². The quantitative estimate of drug-likeness (QED) is 0.343. The molecule has 0 aliphatic rings. The van der Waals surface area contributed by atoms with E-state index in [-0.39, 0.29) is 24.0 Å². The van der Waals surface area contributed by atoms with E-state index in [1.165, 1.54) is 17.8 Å². The number of aromatic nitrogens is 3. The van der Waals surface area contributed by atoms with Gasteiger partial charge in [0.15, 0.2) is 22.5 Å². The van der Waals surface area contributed by atoms with E-state index in [4.69, 9.17) is 4.74 Å². The molecule has 0 aliphatic carbocycles. The van der Waals surface area contributed by atoms with Crippen LogP contribution < -0.4 is 10.1 Å². The van der Waals surface area contributed by atoms with Crippen LogP contribution in [0.25, 0.3) is 5.69 Å². The van der Waals surface area contributed by atoms with Crippen LogP contribution in [0.5, 0.6) is 5.75 Å². The first-order valence-corrected chi connectivity index (χ1v) is 11.5. The lowest BCUT2D eigenvalue weighted by Gasteiger charge is -2.11. The number of benzene rings is 3. The Labute approximate surface area is 195 Å². The van der Waals surface area contributed by atoms with Gasteiger partial charge >= 0.3 is 0 Å². The van der Waals surface area contributed by atoms with Crippen molar-refractivity contribution in [2.24, 2.45) is 0 Å². The Bertz CT molecular complexity index is 1230. The monoisotopic (exact) mass is 462 g/mol. The van der Waals surface area contributed by atoms with Gasteiger partial charge in [0.25, 0.3) is 0 Å². The summed E-state index contributed by atoms with van der Waals surface area (Å²) in [4.78, 5) is 12.5. The van der Waals surface area contributed by atoms with E-state index in [9.17, 15) is 9.18 Å². The third kappa shape index (κ3) is 5.78. The van der Waals surface area contributed by atoms with Gasteiger partial charge in [0.2, 0.25) is 5.91 Å². The zero-order valence-electron chi connectivity index (χ0n) is 18.1. The Balaban J connectivity index is 1.49. The number of para-hydroxylation sites is 2. The highest BCUT2D eigenvalue weighted by molar-refractivity contribution is 7.99. The predicted molar refractivity (Wildman–Crippen MR) is 127 cm³/mol. The second-order valence-electron chi connectivity index (χ2n) is 7.18. The average Bonchev–Trinajstić information content (AvgIpc) is 3.25. The normalized spacial score (nSPS) is 10.7. The smallest absolute Gasteiger partial charge is 0.234 e. The van der Waals surface area contributed by atoms with Crippen molar-refractivity contribution >= 4 is 23.4 Å². The van der Waals surface area contributed by atoms with E-state index in [0.29, 0.717) is 11.0 Å². The van der Waals surface area contributed by atoms with Crippen molar-refractivity contribution in [1.29, 1.82) is 0 Å². The molecule has 0 unspecified atom stereocenters. The topological polar surface area (TPSA) is 69.0 Å². The molecule has 8 heteroatoms. The number of halogens is 1. The number of nitrogens with one attached hydrogen (secondary N) is 1. The average molecular weight is 463 g/mol. The number of hydrogen-bond donors (Lipinski definition) is 1. The van der Waals surface area contributed by atoms with Gasteiger partial charge in [-0.1, -0.05) is 61.2 Å². The molecule has 4 aromatic rings. The number of carbonyl (C=O) groups excluding carboxylic acids is 1. The van der Waals surface area contributed by atoms with E-state index < -0.39 is 5.82 Å². The zero-order valence-corrected chi connectivity index (χ0v) is 18.9. The number of ether oxygens (including phenoxy) is 1. The van der Waals surface area contributed by atoms with Crippen LogP contribution in [0.4, 0.5) is 10.1 Å². The van der Waals surface area contributed by atoms with Crippen molar-refractivity contribution in [2.45, 2.75) is 25.1 Å². The van der Waals surface area contributed by atoms with Gasteiger partial charge in [0.1, 0.15) is 6.61 Å². The number of rotatable bonds is 9. The molecule has 0 fully saturated rings. The molecule has 0 saturated heterocycles. The maximum absolute atomic E-state index is 13.9. The predicted octanol–water partition coefficient (Wildman–Crippen LogP) is 5.28. The largest absolute Gasteiger partial charge is 0.483 e. The van der Waals surface area contributed by atoms with Crippen molar-refractivity contribution in [2.75, 3.05) is 11.1 Å². The van der Waals surface area contributed by atoms with Crippen molar-refractivity contribution in [3.63, 3.8) is 0 Å². The van der Waals surface area contributed by atoms with Crippen LogP contribution in [0.3, 0.4) is 0 Å². The molecule has 6 nitrogen and oxygen atoms in total. The highest BCUT2D eigenvalue weighted by Gasteiger charge is 2.17. The second kappa shape index (κ2) is 10.8. The fraction of sp³-hybridized carbons (Fsp3) is 0.160. The molecule has 0 atom stereocenters. The molecule has 0 radical (unpaired) electrons. The summed E-state index contributed by atoms with van der Waals surface area (Å²) in [5, 5.41) is 12.0. The third-order valence-corrected chi connectivity index (χ3v) is 5.79. The van der Waals surface area contributed by atoms with Crippen LogP contribution in [0.1, 0.15) is 18.3 Å². The molecule has 0 aliphatic heterocycles. The minimum absolute atomic E-state index is 0.0272. The van der Waals surface area contributed by atoms with Gasteiger partial charge in [-0.15, -0.1) is 10.2 Å². The molecular formula is C25H23FN4O2S. The summed E-state index contributed by atoms with van der Waals surface area (Å²) in [6, 6.07) is 23.5. The van der Waals surface area contributed by atoms with Gasteiger partial charge in [-0.2, -0.15) is 0 Å². The lowest BCUT2D eigenvalue weighted by atomic mass is 10.1. The highest BCUT2D eigenvalue weighted by atomic mass is 32.2. The zero-order chi connectivity index (χ0) is 23.0. The summed E-state index contributed by atoms with van der Waals surface area (Å²) < 4.78 is 21.4.